The minimum absolute atomic E-state index is 0.00917. The first-order valence-corrected chi connectivity index (χ1v) is 10.8. The largest absolute Gasteiger partial charge is 0.329 e. The Hall–Kier alpha value is -2.66. The molecule has 1 amide bonds. The summed E-state index contributed by atoms with van der Waals surface area (Å²) >= 11 is 6.01. The van der Waals surface area contributed by atoms with Crippen molar-refractivity contribution in [3.8, 4) is 0 Å². The van der Waals surface area contributed by atoms with Crippen LogP contribution in [0.25, 0.3) is 0 Å². The van der Waals surface area contributed by atoms with Crippen molar-refractivity contribution < 1.29 is 9.18 Å². The molecule has 1 saturated carbocycles. The van der Waals surface area contributed by atoms with Crippen LogP contribution in [0.4, 0.5) is 4.39 Å². The molecule has 0 bridgehead atoms. The van der Waals surface area contributed by atoms with E-state index in [1.807, 2.05) is 15.7 Å². The van der Waals surface area contributed by atoms with Crippen molar-refractivity contribution in [3.63, 3.8) is 0 Å². The summed E-state index contributed by atoms with van der Waals surface area (Å²) < 4.78 is 15.3. The topological polar surface area (TPSA) is 38.1 Å². The highest BCUT2D eigenvalue weighted by Crippen LogP contribution is 2.26. The molecule has 0 atom stereocenters. The average Bonchev–Trinajstić information content (AvgIpc) is 3.21. The third-order valence-electron chi connectivity index (χ3n) is 5.75. The van der Waals surface area contributed by atoms with Gasteiger partial charge in [0.05, 0.1) is 6.54 Å². The van der Waals surface area contributed by atoms with E-state index in [0.29, 0.717) is 23.7 Å². The quantitative estimate of drug-likeness (QED) is 0.508. The van der Waals surface area contributed by atoms with Crippen LogP contribution in [-0.4, -0.2) is 26.4 Å². The SMILES string of the molecule is O=C(c1ccc(Cl)cc1)N(Cc1nccn1Cc1ccc(F)cc1)C1CCCCC1. The monoisotopic (exact) mass is 425 g/mol. The van der Waals surface area contributed by atoms with Crippen molar-refractivity contribution in [2.45, 2.75) is 51.2 Å². The Morgan fingerprint density at radius 2 is 1.77 bits per heavy atom. The van der Waals surface area contributed by atoms with E-state index in [-0.39, 0.29) is 17.8 Å². The molecule has 3 aromatic rings. The van der Waals surface area contributed by atoms with Crippen LogP contribution in [0.3, 0.4) is 0 Å². The first-order valence-electron chi connectivity index (χ1n) is 10.4. The first-order chi connectivity index (χ1) is 14.6. The molecule has 4 rings (SSSR count). The number of aromatic nitrogens is 2. The second-order valence-electron chi connectivity index (χ2n) is 7.83. The number of amides is 1. The molecular formula is C24H25ClFN3O. The van der Waals surface area contributed by atoms with Crippen LogP contribution < -0.4 is 0 Å². The molecule has 0 aliphatic heterocycles. The van der Waals surface area contributed by atoms with Gasteiger partial charge in [-0.15, -0.1) is 0 Å². The molecule has 1 heterocycles. The van der Waals surface area contributed by atoms with E-state index in [1.54, 1.807) is 42.6 Å². The van der Waals surface area contributed by atoms with Crippen LogP contribution in [-0.2, 0) is 13.1 Å². The number of benzene rings is 2. The van der Waals surface area contributed by atoms with Crippen LogP contribution >= 0.6 is 11.6 Å². The second-order valence-corrected chi connectivity index (χ2v) is 8.27. The van der Waals surface area contributed by atoms with Crippen molar-refractivity contribution >= 4 is 17.5 Å². The number of imidazole rings is 1. The number of hydrogen-bond donors (Lipinski definition) is 0. The number of carbonyl (C=O) groups excluding carboxylic acids is 1. The minimum Gasteiger partial charge on any atom is -0.329 e. The lowest BCUT2D eigenvalue weighted by Gasteiger charge is -2.34. The third kappa shape index (κ3) is 4.90. The number of halogens is 2. The van der Waals surface area contributed by atoms with E-state index in [1.165, 1.54) is 18.6 Å². The number of carbonyl (C=O) groups is 1. The van der Waals surface area contributed by atoms with E-state index >= 15 is 0 Å². The van der Waals surface area contributed by atoms with Gasteiger partial charge in [0.25, 0.3) is 5.91 Å². The molecule has 4 nitrogen and oxygen atoms in total. The highest BCUT2D eigenvalue weighted by Gasteiger charge is 2.27. The van der Waals surface area contributed by atoms with Gasteiger partial charge in [-0.3, -0.25) is 4.79 Å². The summed E-state index contributed by atoms with van der Waals surface area (Å²) in [4.78, 5) is 19.9. The Bertz CT molecular complexity index is 978. The third-order valence-corrected chi connectivity index (χ3v) is 6.00. The molecule has 1 aliphatic carbocycles. The highest BCUT2D eigenvalue weighted by molar-refractivity contribution is 6.30. The maximum Gasteiger partial charge on any atom is 0.254 e. The number of rotatable bonds is 6. The molecule has 0 radical (unpaired) electrons. The maximum atomic E-state index is 13.4. The fraction of sp³-hybridized carbons (Fsp3) is 0.333. The Labute approximate surface area is 181 Å². The van der Waals surface area contributed by atoms with Crippen molar-refractivity contribution in [2.24, 2.45) is 0 Å². The molecule has 0 N–H and O–H groups in total. The molecular weight excluding hydrogens is 401 g/mol. The molecule has 0 spiro atoms. The second kappa shape index (κ2) is 9.43. The standard InChI is InChI=1S/C24H25ClFN3O/c25-20-10-8-19(9-11-20)24(30)29(22-4-2-1-3-5-22)17-23-27-14-15-28(23)16-18-6-12-21(26)13-7-18/h6-15,22H,1-5,16-17H2. The van der Waals surface area contributed by atoms with Crippen LogP contribution in [0, 0.1) is 5.82 Å². The minimum atomic E-state index is -0.248. The van der Waals surface area contributed by atoms with Gasteiger partial charge in [0.1, 0.15) is 11.6 Å². The maximum absolute atomic E-state index is 13.4. The van der Waals surface area contributed by atoms with Crippen molar-refractivity contribution in [1.29, 1.82) is 0 Å². The predicted molar refractivity (Wildman–Crippen MR) is 116 cm³/mol. The Balaban J connectivity index is 1.57. The molecule has 1 fully saturated rings. The molecule has 156 valence electrons. The van der Waals surface area contributed by atoms with Gasteiger partial charge in [-0.05, 0) is 54.8 Å². The molecule has 0 saturated heterocycles. The van der Waals surface area contributed by atoms with Gasteiger partial charge in [-0.2, -0.15) is 0 Å². The van der Waals surface area contributed by atoms with E-state index in [9.17, 15) is 9.18 Å². The first kappa shape index (κ1) is 20.6. The summed E-state index contributed by atoms with van der Waals surface area (Å²) in [7, 11) is 0. The smallest absolute Gasteiger partial charge is 0.254 e. The molecule has 2 aromatic carbocycles. The zero-order valence-electron chi connectivity index (χ0n) is 16.8. The van der Waals surface area contributed by atoms with Crippen molar-refractivity contribution in [2.75, 3.05) is 0 Å². The van der Waals surface area contributed by atoms with Gasteiger partial charge in [0, 0.05) is 35.6 Å². The zero-order chi connectivity index (χ0) is 20.9. The fourth-order valence-electron chi connectivity index (χ4n) is 4.09. The Morgan fingerprint density at radius 1 is 1.07 bits per heavy atom. The van der Waals surface area contributed by atoms with Gasteiger partial charge >= 0.3 is 0 Å². The van der Waals surface area contributed by atoms with E-state index in [0.717, 1.165) is 37.1 Å². The van der Waals surface area contributed by atoms with Crippen LogP contribution in [0.2, 0.25) is 5.02 Å². The Morgan fingerprint density at radius 3 is 2.47 bits per heavy atom. The van der Waals surface area contributed by atoms with Crippen molar-refractivity contribution in [1.82, 2.24) is 14.5 Å². The van der Waals surface area contributed by atoms with Gasteiger partial charge < -0.3 is 9.47 Å². The zero-order valence-corrected chi connectivity index (χ0v) is 17.6. The lowest BCUT2D eigenvalue weighted by Crippen LogP contribution is -2.41. The summed E-state index contributed by atoms with van der Waals surface area (Å²) in [5.74, 6) is 0.587. The molecule has 30 heavy (non-hydrogen) atoms. The lowest BCUT2D eigenvalue weighted by atomic mass is 9.93. The van der Waals surface area contributed by atoms with E-state index < -0.39 is 0 Å². The summed E-state index contributed by atoms with van der Waals surface area (Å²) in [6, 6.07) is 13.8. The van der Waals surface area contributed by atoms with Gasteiger partial charge in [-0.25, -0.2) is 9.37 Å². The summed E-state index contributed by atoms with van der Waals surface area (Å²) in [5, 5.41) is 0.616. The van der Waals surface area contributed by atoms with Gasteiger partial charge in [0.2, 0.25) is 0 Å². The molecule has 6 heteroatoms. The van der Waals surface area contributed by atoms with E-state index in [2.05, 4.69) is 4.98 Å². The van der Waals surface area contributed by atoms with E-state index in [4.69, 9.17) is 11.6 Å². The van der Waals surface area contributed by atoms with Crippen LogP contribution in [0.1, 0.15) is 53.8 Å². The van der Waals surface area contributed by atoms with Gasteiger partial charge in [-0.1, -0.05) is 43.0 Å². The van der Waals surface area contributed by atoms with Crippen LogP contribution in [0.5, 0.6) is 0 Å². The van der Waals surface area contributed by atoms with Gasteiger partial charge in [0.15, 0.2) is 0 Å². The molecule has 1 aromatic heterocycles. The molecule has 0 unspecified atom stereocenters. The fourth-order valence-corrected chi connectivity index (χ4v) is 4.22. The summed E-state index contributed by atoms with van der Waals surface area (Å²) in [6.45, 7) is 1.03. The molecule has 1 aliphatic rings. The Kier molecular flexibility index (Phi) is 6.48. The number of hydrogen-bond acceptors (Lipinski definition) is 2. The number of nitrogens with zero attached hydrogens (tertiary/aromatic N) is 3. The average molecular weight is 426 g/mol. The predicted octanol–water partition coefficient (Wildman–Crippen LogP) is 5.70. The summed E-state index contributed by atoms with van der Waals surface area (Å²) in [5.41, 5.74) is 1.63. The van der Waals surface area contributed by atoms with Crippen LogP contribution in [0.15, 0.2) is 60.9 Å². The summed E-state index contributed by atoms with van der Waals surface area (Å²) in [6.07, 6.45) is 9.18. The normalized spacial score (nSPS) is 14.6. The lowest BCUT2D eigenvalue weighted by molar-refractivity contribution is 0.0605. The van der Waals surface area contributed by atoms with Crippen molar-refractivity contribution in [3.05, 3.63) is 88.7 Å². The highest BCUT2D eigenvalue weighted by atomic mass is 35.5.